The zero-order valence-electron chi connectivity index (χ0n) is 10.00. The van der Waals surface area contributed by atoms with E-state index < -0.39 is 17.9 Å². The Morgan fingerprint density at radius 1 is 1.26 bits per heavy atom. The normalized spacial score (nSPS) is 11.8. The van der Waals surface area contributed by atoms with Crippen LogP contribution in [0.1, 0.15) is 20.7 Å². The Hall–Kier alpha value is -2.47. The first kappa shape index (κ1) is 14.6. The summed E-state index contributed by atoms with van der Waals surface area (Å²) in [4.78, 5) is 31.8. The van der Waals surface area contributed by atoms with Crippen molar-refractivity contribution in [2.24, 2.45) is 0 Å². The molecule has 0 saturated carbocycles. The molecule has 2 rings (SSSR count). The molecule has 0 radical (unpaired) electrons. The number of aliphatic hydroxyl groups excluding tert-OH is 1. The molecule has 0 atom stereocenters. The van der Waals surface area contributed by atoms with E-state index >= 15 is 0 Å². The van der Waals surface area contributed by atoms with Gasteiger partial charge in [-0.2, -0.15) is 0 Å². The molecule has 6 heteroatoms. The third-order valence-electron chi connectivity index (χ3n) is 2.05. The van der Waals surface area contributed by atoms with Gasteiger partial charge >= 0.3 is 17.9 Å². The monoisotopic (exact) mass is 264 g/mol. The van der Waals surface area contributed by atoms with Crippen LogP contribution in [0.25, 0.3) is 0 Å². The summed E-state index contributed by atoms with van der Waals surface area (Å²) in [5, 5.41) is 8.10. The highest BCUT2D eigenvalue weighted by atomic mass is 16.6. The van der Waals surface area contributed by atoms with Crippen LogP contribution >= 0.6 is 0 Å². The van der Waals surface area contributed by atoms with Crippen molar-refractivity contribution in [3.63, 3.8) is 0 Å². The summed E-state index contributed by atoms with van der Waals surface area (Å²) in [5.74, 6) is -1.60. The largest absolute Gasteiger partial charge is 0.460 e. The number of carbonyl (C=O) groups excluding carboxylic acids is 3. The Labute approximate surface area is 109 Å². The van der Waals surface area contributed by atoms with Crippen molar-refractivity contribution in [3.05, 3.63) is 48.0 Å². The van der Waals surface area contributed by atoms with E-state index in [1.54, 1.807) is 24.3 Å². The number of ether oxygens (including phenoxy) is 2. The van der Waals surface area contributed by atoms with Crippen LogP contribution in [-0.4, -0.2) is 36.2 Å². The molecule has 0 fully saturated rings. The van der Waals surface area contributed by atoms with E-state index in [0.29, 0.717) is 11.1 Å². The van der Waals surface area contributed by atoms with Crippen molar-refractivity contribution in [1.82, 2.24) is 0 Å². The first-order valence-electron chi connectivity index (χ1n) is 5.35. The molecule has 6 nitrogen and oxygen atoms in total. The van der Waals surface area contributed by atoms with E-state index in [1.165, 1.54) is 0 Å². The summed E-state index contributed by atoms with van der Waals surface area (Å²) in [6.45, 7) is 3.06. The molecular weight excluding hydrogens is 252 g/mol. The molecule has 1 aliphatic heterocycles. The number of hydrogen-bond donors (Lipinski definition) is 1. The van der Waals surface area contributed by atoms with E-state index in [2.05, 4.69) is 16.1 Å². The highest BCUT2D eigenvalue weighted by Crippen LogP contribution is 2.18. The molecule has 0 saturated heterocycles. The maximum atomic E-state index is 10.8. The second-order valence-electron chi connectivity index (χ2n) is 3.32. The van der Waals surface area contributed by atoms with Crippen molar-refractivity contribution < 1.29 is 29.0 Å². The minimum Gasteiger partial charge on any atom is -0.460 e. The van der Waals surface area contributed by atoms with Crippen molar-refractivity contribution in [2.45, 2.75) is 0 Å². The first-order chi connectivity index (χ1) is 9.10. The molecule has 1 heterocycles. The van der Waals surface area contributed by atoms with Crippen LogP contribution in [0.3, 0.4) is 0 Å². The SMILES string of the molecule is C=CC(=O)OCCO.O=C1OC(=O)c2ccccc21. The van der Waals surface area contributed by atoms with E-state index in [9.17, 15) is 14.4 Å². The Morgan fingerprint density at radius 3 is 2.21 bits per heavy atom. The molecule has 0 spiro atoms. The molecule has 0 aliphatic carbocycles. The van der Waals surface area contributed by atoms with Gasteiger partial charge in [-0.05, 0) is 12.1 Å². The van der Waals surface area contributed by atoms with Crippen molar-refractivity contribution in [2.75, 3.05) is 13.2 Å². The summed E-state index contributed by atoms with van der Waals surface area (Å²) < 4.78 is 8.69. The lowest BCUT2D eigenvalue weighted by Gasteiger charge is -1.94. The number of cyclic esters (lactones) is 2. The number of carbonyl (C=O) groups is 3. The Kier molecular flexibility index (Phi) is 5.43. The van der Waals surface area contributed by atoms with Crippen LogP contribution < -0.4 is 0 Å². The summed E-state index contributed by atoms with van der Waals surface area (Å²) in [7, 11) is 0. The highest BCUT2D eigenvalue weighted by Gasteiger charge is 2.28. The van der Waals surface area contributed by atoms with Gasteiger partial charge in [-0.25, -0.2) is 14.4 Å². The number of aliphatic hydroxyl groups is 1. The summed E-state index contributed by atoms with van der Waals surface area (Å²) >= 11 is 0. The lowest BCUT2D eigenvalue weighted by atomic mass is 10.1. The molecule has 1 N–H and O–H groups in total. The zero-order chi connectivity index (χ0) is 14.3. The van der Waals surface area contributed by atoms with Gasteiger partial charge in [0, 0.05) is 6.08 Å². The van der Waals surface area contributed by atoms with Crippen LogP contribution in [0.15, 0.2) is 36.9 Å². The Bertz CT molecular complexity index is 473. The zero-order valence-corrected chi connectivity index (χ0v) is 10.00. The van der Waals surface area contributed by atoms with Gasteiger partial charge in [0.2, 0.25) is 0 Å². The van der Waals surface area contributed by atoms with Crippen LogP contribution in [0.2, 0.25) is 0 Å². The van der Waals surface area contributed by atoms with Gasteiger partial charge in [0.25, 0.3) is 0 Å². The summed E-state index contributed by atoms with van der Waals surface area (Å²) in [6, 6.07) is 6.53. The number of rotatable bonds is 3. The molecular formula is C13H12O6. The summed E-state index contributed by atoms with van der Waals surface area (Å²) in [5.41, 5.74) is 0.718. The van der Waals surface area contributed by atoms with E-state index in [1.807, 2.05) is 0 Å². The van der Waals surface area contributed by atoms with Gasteiger partial charge in [0.15, 0.2) is 0 Å². The van der Waals surface area contributed by atoms with E-state index in [-0.39, 0.29) is 13.2 Å². The predicted molar refractivity (Wildman–Crippen MR) is 64.4 cm³/mol. The second-order valence-corrected chi connectivity index (χ2v) is 3.32. The molecule has 100 valence electrons. The molecule has 1 aliphatic rings. The third-order valence-corrected chi connectivity index (χ3v) is 2.05. The van der Waals surface area contributed by atoms with Gasteiger partial charge in [0.05, 0.1) is 17.7 Å². The number of hydrogen-bond acceptors (Lipinski definition) is 6. The van der Waals surface area contributed by atoms with Crippen molar-refractivity contribution in [1.29, 1.82) is 0 Å². The minimum absolute atomic E-state index is 0.0465. The van der Waals surface area contributed by atoms with Gasteiger partial charge < -0.3 is 14.6 Å². The highest BCUT2D eigenvalue weighted by molar-refractivity contribution is 6.14. The Balaban J connectivity index is 0.000000203. The second kappa shape index (κ2) is 7.07. The number of fused-ring (bicyclic) bond motifs is 1. The van der Waals surface area contributed by atoms with E-state index in [0.717, 1.165) is 6.08 Å². The maximum Gasteiger partial charge on any atom is 0.346 e. The van der Waals surface area contributed by atoms with Gasteiger partial charge in [-0.15, -0.1) is 0 Å². The number of benzene rings is 1. The predicted octanol–water partition coefficient (Wildman–Crippen LogP) is 0.705. The van der Waals surface area contributed by atoms with Crippen LogP contribution in [0.5, 0.6) is 0 Å². The van der Waals surface area contributed by atoms with Crippen molar-refractivity contribution in [3.8, 4) is 0 Å². The lowest BCUT2D eigenvalue weighted by Crippen LogP contribution is -2.04. The fourth-order valence-electron chi connectivity index (χ4n) is 1.24. The van der Waals surface area contributed by atoms with Crippen LogP contribution in [-0.2, 0) is 14.3 Å². The molecule has 1 aromatic rings. The minimum atomic E-state index is -0.550. The molecule has 0 bridgehead atoms. The first-order valence-corrected chi connectivity index (χ1v) is 5.35. The maximum absolute atomic E-state index is 10.8. The molecule has 1 aromatic carbocycles. The smallest absolute Gasteiger partial charge is 0.346 e. The standard InChI is InChI=1S/C8H4O3.C5H8O3/c9-7-5-3-1-2-4-6(5)8(10)11-7;1-2-5(7)8-4-3-6/h1-4H;2,6H,1,3-4H2. The Morgan fingerprint density at radius 2 is 1.79 bits per heavy atom. The lowest BCUT2D eigenvalue weighted by molar-refractivity contribution is -0.138. The average Bonchev–Trinajstić information content (AvgIpc) is 2.73. The van der Waals surface area contributed by atoms with Gasteiger partial charge in [0.1, 0.15) is 6.61 Å². The fourth-order valence-corrected chi connectivity index (χ4v) is 1.24. The molecule has 0 amide bonds. The molecule has 0 unspecified atom stereocenters. The average molecular weight is 264 g/mol. The molecule has 0 aromatic heterocycles. The van der Waals surface area contributed by atoms with Gasteiger partial charge in [-0.3, -0.25) is 0 Å². The quantitative estimate of drug-likeness (QED) is 0.491. The van der Waals surface area contributed by atoms with Crippen molar-refractivity contribution >= 4 is 17.9 Å². The van der Waals surface area contributed by atoms with Crippen LogP contribution in [0.4, 0.5) is 0 Å². The summed E-state index contributed by atoms with van der Waals surface area (Å²) in [6.07, 6.45) is 1.05. The topological polar surface area (TPSA) is 89.9 Å². The third kappa shape index (κ3) is 4.04. The van der Waals surface area contributed by atoms with Gasteiger partial charge in [-0.1, -0.05) is 18.7 Å². The van der Waals surface area contributed by atoms with E-state index in [4.69, 9.17) is 5.11 Å². The van der Waals surface area contributed by atoms with Crippen LogP contribution in [0, 0.1) is 0 Å². The molecule has 19 heavy (non-hydrogen) atoms. The fraction of sp³-hybridized carbons (Fsp3) is 0.154. The number of esters is 3.